The van der Waals surface area contributed by atoms with Crippen molar-refractivity contribution in [2.24, 2.45) is 7.05 Å². The van der Waals surface area contributed by atoms with E-state index in [-0.39, 0.29) is 12.5 Å². The Kier molecular flexibility index (Phi) is 4.98. The van der Waals surface area contributed by atoms with Crippen molar-refractivity contribution in [3.8, 4) is 0 Å². The van der Waals surface area contributed by atoms with Crippen molar-refractivity contribution in [1.29, 1.82) is 0 Å². The van der Waals surface area contributed by atoms with E-state index < -0.39 is 0 Å². The van der Waals surface area contributed by atoms with E-state index in [0.717, 1.165) is 10.0 Å². The van der Waals surface area contributed by atoms with Crippen LogP contribution in [0.4, 0.5) is 0 Å². The van der Waals surface area contributed by atoms with Crippen LogP contribution in [-0.2, 0) is 13.6 Å². The maximum Gasteiger partial charge on any atom is 0.270 e. The van der Waals surface area contributed by atoms with Crippen LogP contribution in [0.15, 0.2) is 47.1 Å². The van der Waals surface area contributed by atoms with E-state index in [2.05, 4.69) is 15.9 Å². The summed E-state index contributed by atoms with van der Waals surface area (Å²) in [4.78, 5) is 14.2. The highest BCUT2D eigenvalue weighted by Gasteiger charge is 2.18. The average Bonchev–Trinajstić information content (AvgIpc) is 2.77. The van der Waals surface area contributed by atoms with Crippen molar-refractivity contribution < 1.29 is 9.90 Å². The molecule has 106 valence electrons. The summed E-state index contributed by atoms with van der Waals surface area (Å²) >= 11 is 3.37. The number of aryl methyl sites for hydroxylation is 1. The lowest BCUT2D eigenvalue weighted by Crippen LogP contribution is -2.34. The first kappa shape index (κ1) is 14.8. The number of nitrogens with zero attached hydrogens (tertiary/aromatic N) is 2. The molecule has 0 atom stereocenters. The summed E-state index contributed by atoms with van der Waals surface area (Å²) in [7, 11) is 1.83. The van der Waals surface area contributed by atoms with Gasteiger partial charge in [-0.05, 0) is 27.6 Å². The van der Waals surface area contributed by atoms with Gasteiger partial charge in [0.15, 0.2) is 0 Å². The van der Waals surface area contributed by atoms with Crippen LogP contribution in [0, 0.1) is 0 Å². The van der Waals surface area contributed by atoms with E-state index in [1.807, 2.05) is 43.6 Å². The van der Waals surface area contributed by atoms with Gasteiger partial charge >= 0.3 is 0 Å². The zero-order valence-electron chi connectivity index (χ0n) is 11.3. The Balaban J connectivity index is 2.20. The predicted molar refractivity (Wildman–Crippen MR) is 81.4 cm³/mol. The maximum atomic E-state index is 12.5. The molecular weight excluding hydrogens is 320 g/mol. The fourth-order valence-electron chi connectivity index (χ4n) is 2.08. The van der Waals surface area contributed by atoms with Crippen LogP contribution in [0.1, 0.15) is 16.1 Å². The summed E-state index contributed by atoms with van der Waals surface area (Å²) in [5.41, 5.74) is 1.64. The first-order chi connectivity index (χ1) is 9.61. The number of amides is 1. The third-order valence-electron chi connectivity index (χ3n) is 3.06. The highest BCUT2D eigenvalue weighted by Crippen LogP contribution is 2.16. The van der Waals surface area contributed by atoms with Gasteiger partial charge in [0.1, 0.15) is 5.69 Å². The Labute approximate surface area is 126 Å². The number of hydrogen-bond donors (Lipinski definition) is 1. The minimum Gasteiger partial charge on any atom is -0.395 e. The van der Waals surface area contributed by atoms with Crippen LogP contribution >= 0.6 is 15.9 Å². The second kappa shape index (κ2) is 6.72. The van der Waals surface area contributed by atoms with Crippen molar-refractivity contribution in [2.45, 2.75) is 6.54 Å². The molecule has 1 heterocycles. The highest BCUT2D eigenvalue weighted by molar-refractivity contribution is 9.10. The molecule has 4 nitrogen and oxygen atoms in total. The van der Waals surface area contributed by atoms with Crippen LogP contribution in [-0.4, -0.2) is 33.6 Å². The summed E-state index contributed by atoms with van der Waals surface area (Å²) in [6.45, 7) is 0.754. The molecule has 0 aliphatic carbocycles. The van der Waals surface area contributed by atoms with Gasteiger partial charge in [-0.15, -0.1) is 0 Å². The van der Waals surface area contributed by atoms with Gasteiger partial charge in [-0.25, -0.2) is 0 Å². The molecule has 0 radical (unpaired) electrons. The Morgan fingerprint density at radius 2 is 2.05 bits per heavy atom. The van der Waals surface area contributed by atoms with Gasteiger partial charge in [0.2, 0.25) is 0 Å². The number of aliphatic hydroxyl groups is 1. The van der Waals surface area contributed by atoms with Crippen molar-refractivity contribution in [2.75, 3.05) is 13.2 Å². The van der Waals surface area contributed by atoms with Gasteiger partial charge in [0, 0.05) is 30.8 Å². The van der Waals surface area contributed by atoms with E-state index in [0.29, 0.717) is 18.8 Å². The van der Waals surface area contributed by atoms with Gasteiger partial charge in [0.05, 0.1) is 6.61 Å². The number of carbonyl (C=O) groups is 1. The highest BCUT2D eigenvalue weighted by atomic mass is 79.9. The van der Waals surface area contributed by atoms with E-state index in [1.54, 1.807) is 15.5 Å². The fourth-order valence-corrected chi connectivity index (χ4v) is 2.60. The number of carbonyl (C=O) groups excluding carboxylic acids is 1. The molecule has 0 saturated carbocycles. The van der Waals surface area contributed by atoms with E-state index in [4.69, 9.17) is 0 Å². The minimum atomic E-state index is -0.0869. The summed E-state index contributed by atoms with van der Waals surface area (Å²) in [5.74, 6) is -0.0869. The SMILES string of the molecule is Cn1cc(Br)cc1C(=O)N(CCO)Cc1ccccc1. The van der Waals surface area contributed by atoms with E-state index in [1.165, 1.54) is 0 Å². The molecule has 5 heteroatoms. The normalized spacial score (nSPS) is 10.6. The molecule has 1 N–H and O–H groups in total. The van der Waals surface area contributed by atoms with Gasteiger partial charge in [0.25, 0.3) is 5.91 Å². The molecule has 0 spiro atoms. The fraction of sp³-hybridized carbons (Fsp3) is 0.267. The zero-order valence-corrected chi connectivity index (χ0v) is 12.9. The summed E-state index contributed by atoms with van der Waals surface area (Å²) in [5, 5.41) is 9.18. The molecule has 0 unspecified atom stereocenters. The molecule has 2 aromatic rings. The van der Waals surface area contributed by atoms with Crippen molar-refractivity contribution in [1.82, 2.24) is 9.47 Å². The van der Waals surface area contributed by atoms with E-state index >= 15 is 0 Å². The van der Waals surface area contributed by atoms with Gasteiger partial charge in [-0.2, -0.15) is 0 Å². The van der Waals surface area contributed by atoms with E-state index in [9.17, 15) is 9.90 Å². The predicted octanol–water partition coefficient (Wildman–Crippen LogP) is 2.42. The van der Waals surface area contributed by atoms with Crippen molar-refractivity contribution in [3.63, 3.8) is 0 Å². The van der Waals surface area contributed by atoms with Crippen LogP contribution in [0.25, 0.3) is 0 Å². The third-order valence-corrected chi connectivity index (χ3v) is 3.50. The molecule has 0 saturated heterocycles. The first-order valence-electron chi connectivity index (χ1n) is 6.37. The molecule has 0 bridgehead atoms. The Morgan fingerprint density at radius 1 is 1.35 bits per heavy atom. The smallest absolute Gasteiger partial charge is 0.270 e. The molecule has 20 heavy (non-hydrogen) atoms. The summed E-state index contributed by atoms with van der Waals surface area (Å²) in [6.07, 6.45) is 1.84. The Bertz CT molecular complexity index is 581. The quantitative estimate of drug-likeness (QED) is 0.911. The third kappa shape index (κ3) is 3.49. The number of rotatable bonds is 5. The zero-order chi connectivity index (χ0) is 14.5. The van der Waals surface area contributed by atoms with Crippen LogP contribution in [0.2, 0.25) is 0 Å². The number of benzene rings is 1. The molecular formula is C15H17BrN2O2. The van der Waals surface area contributed by atoms with Crippen molar-refractivity contribution in [3.05, 3.63) is 58.3 Å². The second-order valence-electron chi connectivity index (χ2n) is 4.59. The molecule has 0 aliphatic heterocycles. The molecule has 1 aromatic carbocycles. The molecule has 0 fully saturated rings. The van der Waals surface area contributed by atoms with Gasteiger partial charge < -0.3 is 14.6 Å². The maximum absolute atomic E-state index is 12.5. The van der Waals surface area contributed by atoms with Gasteiger partial charge in [-0.1, -0.05) is 30.3 Å². The van der Waals surface area contributed by atoms with Crippen LogP contribution < -0.4 is 0 Å². The summed E-state index contributed by atoms with van der Waals surface area (Å²) in [6, 6.07) is 11.6. The standard InChI is InChI=1S/C15H17BrN2O2/c1-17-11-13(16)9-14(17)15(20)18(7-8-19)10-12-5-3-2-4-6-12/h2-6,9,11,19H,7-8,10H2,1H3. The Hall–Kier alpha value is -1.59. The first-order valence-corrected chi connectivity index (χ1v) is 7.17. The minimum absolute atomic E-state index is 0.0514. The lowest BCUT2D eigenvalue weighted by Gasteiger charge is -2.22. The largest absolute Gasteiger partial charge is 0.395 e. The number of aromatic nitrogens is 1. The van der Waals surface area contributed by atoms with Crippen LogP contribution in [0.3, 0.4) is 0 Å². The number of hydrogen-bond acceptors (Lipinski definition) is 2. The monoisotopic (exact) mass is 336 g/mol. The lowest BCUT2D eigenvalue weighted by molar-refractivity contribution is 0.0698. The summed E-state index contributed by atoms with van der Waals surface area (Å²) < 4.78 is 2.65. The van der Waals surface area contributed by atoms with Crippen LogP contribution in [0.5, 0.6) is 0 Å². The molecule has 1 amide bonds. The average molecular weight is 337 g/mol. The Morgan fingerprint density at radius 3 is 2.60 bits per heavy atom. The molecule has 2 rings (SSSR count). The van der Waals surface area contributed by atoms with Crippen molar-refractivity contribution >= 4 is 21.8 Å². The lowest BCUT2D eigenvalue weighted by atomic mass is 10.2. The number of halogens is 1. The molecule has 0 aliphatic rings. The topological polar surface area (TPSA) is 45.5 Å². The number of aliphatic hydroxyl groups excluding tert-OH is 1. The second-order valence-corrected chi connectivity index (χ2v) is 5.51. The molecule has 1 aromatic heterocycles. The van der Waals surface area contributed by atoms with Gasteiger partial charge in [-0.3, -0.25) is 4.79 Å².